The lowest BCUT2D eigenvalue weighted by atomic mass is 9.98. The standard InChI is InChI=1S/C34H38N2O6S/c1-24(33(38)27-10-5-3-6-11-27)36(2)22-30-21-32(26-18-16-25(23-37)17-19-26)42-34(41-30)28-12-9-13-29(20-28)35-43(39,40)31-14-7-4-8-15-31/h3-20,24,30,32-35,37-38H,21-23H2,1-2H3. The van der Waals surface area contributed by atoms with E-state index < -0.39 is 22.4 Å². The Labute approximate surface area is 253 Å². The number of anilines is 1. The molecule has 0 saturated carbocycles. The number of rotatable bonds is 11. The number of benzene rings is 4. The summed E-state index contributed by atoms with van der Waals surface area (Å²) in [5.74, 6) is 0. The largest absolute Gasteiger partial charge is 0.392 e. The highest BCUT2D eigenvalue weighted by atomic mass is 32.2. The van der Waals surface area contributed by atoms with E-state index in [1.165, 1.54) is 0 Å². The Balaban J connectivity index is 1.37. The summed E-state index contributed by atoms with van der Waals surface area (Å²) < 4.78 is 41.5. The van der Waals surface area contributed by atoms with Crippen molar-refractivity contribution < 1.29 is 28.1 Å². The number of nitrogens with one attached hydrogen (secondary N) is 1. The van der Waals surface area contributed by atoms with E-state index in [1.54, 1.807) is 48.5 Å². The predicted octanol–water partition coefficient (Wildman–Crippen LogP) is 5.58. The lowest BCUT2D eigenvalue weighted by Gasteiger charge is -2.39. The van der Waals surface area contributed by atoms with Gasteiger partial charge in [-0.3, -0.25) is 9.62 Å². The molecule has 0 aliphatic carbocycles. The van der Waals surface area contributed by atoms with E-state index in [1.807, 2.05) is 74.6 Å². The van der Waals surface area contributed by atoms with Gasteiger partial charge >= 0.3 is 0 Å². The molecule has 4 aromatic rings. The minimum absolute atomic E-state index is 0.0434. The number of aliphatic hydroxyl groups excluding tert-OH is 2. The molecule has 1 aliphatic rings. The highest BCUT2D eigenvalue weighted by Gasteiger charge is 2.34. The maximum absolute atomic E-state index is 13.0. The minimum Gasteiger partial charge on any atom is -0.392 e. The van der Waals surface area contributed by atoms with Crippen LogP contribution in [0.2, 0.25) is 0 Å². The molecule has 0 amide bonds. The van der Waals surface area contributed by atoms with E-state index >= 15 is 0 Å². The fraction of sp³-hybridized carbons (Fsp3) is 0.294. The third kappa shape index (κ3) is 7.69. The highest BCUT2D eigenvalue weighted by Crippen LogP contribution is 2.39. The Morgan fingerprint density at radius 2 is 1.56 bits per heavy atom. The zero-order chi connectivity index (χ0) is 30.4. The van der Waals surface area contributed by atoms with Crippen molar-refractivity contribution in [2.75, 3.05) is 18.3 Å². The van der Waals surface area contributed by atoms with Crippen LogP contribution < -0.4 is 4.72 Å². The van der Waals surface area contributed by atoms with E-state index in [4.69, 9.17) is 9.47 Å². The second kappa shape index (κ2) is 13.8. The first-order valence-electron chi connectivity index (χ1n) is 14.3. The summed E-state index contributed by atoms with van der Waals surface area (Å²) in [6.07, 6.45) is -1.40. The Morgan fingerprint density at radius 3 is 2.23 bits per heavy atom. The van der Waals surface area contributed by atoms with Crippen molar-refractivity contribution >= 4 is 15.7 Å². The van der Waals surface area contributed by atoms with Crippen LogP contribution in [-0.2, 0) is 26.1 Å². The van der Waals surface area contributed by atoms with Crippen LogP contribution in [0.5, 0.6) is 0 Å². The van der Waals surface area contributed by atoms with Gasteiger partial charge in [-0.25, -0.2) is 8.42 Å². The fourth-order valence-corrected chi connectivity index (χ4v) is 6.32. The van der Waals surface area contributed by atoms with Crippen molar-refractivity contribution in [1.29, 1.82) is 0 Å². The zero-order valence-electron chi connectivity index (χ0n) is 24.3. The van der Waals surface area contributed by atoms with Gasteiger partial charge in [0.25, 0.3) is 10.0 Å². The monoisotopic (exact) mass is 602 g/mol. The van der Waals surface area contributed by atoms with Crippen LogP contribution in [0, 0.1) is 0 Å². The molecule has 5 atom stereocenters. The zero-order valence-corrected chi connectivity index (χ0v) is 25.1. The Hall–Kier alpha value is -3.57. The van der Waals surface area contributed by atoms with Gasteiger partial charge in [-0.05, 0) is 54.9 Å². The van der Waals surface area contributed by atoms with Gasteiger partial charge in [-0.1, -0.05) is 84.9 Å². The summed E-state index contributed by atoms with van der Waals surface area (Å²) in [6.45, 7) is 2.48. The molecule has 43 heavy (non-hydrogen) atoms. The molecular weight excluding hydrogens is 564 g/mol. The third-order valence-electron chi connectivity index (χ3n) is 7.86. The van der Waals surface area contributed by atoms with Crippen molar-refractivity contribution in [1.82, 2.24) is 4.90 Å². The number of likely N-dealkylation sites (N-methyl/N-ethyl adjacent to an activating group) is 1. The number of aliphatic hydroxyl groups is 2. The van der Waals surface area contributed by atoms with Gasteiger partial charge in [0.15, 0.2) is 6.29 Å². The maximum Gasteiger partial charge on any atom is 0.261 e. The first kappa shape index (κ1) is 30.9. The van der Waals surface area contributed by atoms with E-state index in [2.05, 4.69) is 9.62 Å². The molecule has 5 rings (SSSR count). The van der Waals surface area contributed by atoms with Crippen molar-refractivity contribution in [2.45, 2.75) is 55.5 Å². The molecular formula is C34H38N2O6S. The summed E-state index contributed by atoms with van der Waals surface area (Å²) in [5, 5.41) is 20.5. The summed E-state index contributed by atoms with van der Waals surface area (Å²) in [7, 11) is -1.80. The molecule has 0 aromatic heterocycles. The Morgan fingerprint density at radius 1 is 0.884 bits per heavy atom. The molecule has 1 saturated heterocycles. The van der Waals surface area contributed by atoms with Gasteiger partial charge in [0.1, 0.15) is 0 Å². The summed E-state index contributed by atoms with van der Waals surface area (Å²) in [5.41, 5.74) is 3.69. The average Bonchev–Trinajstić information content (AvgIpc) is 3.04. The first-order chi connectivity index (χ1) is 20.7. The van der Waals surface area contributed by atoms with E-state index in [9.17, 15) is 18.6 Å². The summed E-state index contributed by atoms with van der Waals surface area (Å²) in [6, 6.07) is 32.3. The van der Waals surface area contributed by atoms with Gasteiger partial charge in [0, 0.05) is 30.3 Å². The van der Waals surface area contributed by atoms with Gasteiger partial charge < -0.3 is 19.7 Å². The van der Waals surface area contributed by atoms with Crippen molar-refractivity contribution in [3.8, 4) is 0 Å². The molecule has 1 fully saturated rings. The molecule has 0 bridgehead atoms. The molecule has 8 nitrogen and oxygen atoms in total. The van der Waals surface area contributed by atoms with Gasteiger partial charge in [-0.2, -0.15) is 0 Å². The number of hydrogen-bond acceptors (Lipinski definition) is 7. The second-order valence-electron chi connectivity index (χ2n) is 10.9. The molecule has 5 unspecified atom stereocenters. The van der Waals surface area contributed by atoms with Gasteiger partial charge in [0.05, 0.1) is 29.8 Å². The Bertz CT molecular complexity index is 1570. The normalized spacial score (nSPS) is 20.4. The number of sulfonamides is 1. The van der Waals surface area contributed by atoms with Crippen LogP contribution in [0.3, 0.4) is 0 Å². The van der Waals surface area contributed by atoms with Crippen molar-refractivity contribution in [2.24, 2.45) is 0 Å². The van der Waals surface area contributed by atoms with Crippen molar-refractivity contribution in [3.05, 3.63) is 131 Å². The SMILES string of the molecule is CC(C(O)c1ccccc1)N(C)CC1CC(c2ccc(CO)cc2)OC(c2cccc(NS(=O)(=O)c3ccccc3)c2)O1. The van der Waals surface area contributed by atoms with Crippen molar-refractivity contribution in [3.63, 3.8) is 0 Å². The number of ether oxygens (including phenoxy) is 2. The van der Waals surface area contributed by atoms with Crippen LogP contribution in [0.4, 0.5) is 5.69 Å². The highest BCUT2D eigenvalue weighted by molar-refractivity contribution is 7.92. The lowest BCUT2D eigenvalue weighted by molar-refractivity contribution is -0.253. The molecule has 9 heteroatoms. The van der Waals surface area contributed by atoms with Crippen LogP contribution in [-0.4, -0.2) is 49.3 Å². The van der Waals surface area contributed by atoms with Crippen LogP contribution >= 0.6 is 0 Å². The molecule has 4 aromatic carbocycles. The second-order valence-corrected chi connectivity index (χ2v) is 12.6. The van der Waals surface area contributed by atoms with Crippen LogP contribution in [0.15, 0.2) is 114 Å². The number of hydrogen-bond donors (Lipinski definition) is 3. The molecule has 0 spiro atoms. The quantitative estimate of drug-likeness (QED) is 0.206. The molecule has 1 heterocycles. The van der Waals surface area contributed by atoms with Crippen LogP contribution in [0.1, 0.15) is 54.1 Å². The Kier molecular flexibility index (Phi) is 9.92. The molecule has 226 valence electrons. The summed E-state index contributed by atoms with van der Waals surface area (Å²) >= 11 is 0. The topological polar surface area (TPSA) is 108 Å². The van der Waals surface area contributed by atoms with E-state index in [-0.39, 0.29) is 29.8 Å². The summed E-state index contributed by atoms with van der Waals surface area (Å²) in [4.78, 5) is 2.26. The molecule has 3 N–H and O–H groups in total. The molecule has 1 aliphatic heterocycles. The smallest absolute Gasteiger partial charge is 0.261 e. The third-order valence-corrected chi connectivity index (χ3v) is 9.26. The molecule has 0 radical (unpaired) electrons. The van der Waals surface area contributed by atoms with Gasteiger partial charge in [-0.15, -0.1) is 0 Å². The predicted molar refractivity (Wildman–Crippen MR) is 166 cm³/mol. The minimum atomic E-state index is -3.77. The fourth-order valence-electron chi connectivity index (χ4n) is 5.25. The van der Waals surface area contributed by atoms with E-state index in [0.29, 0.717) is 24.2 Å². The average molecular weight is 603 g/mol. The maximum atomic E-state index is 13.0. The van der Waals surface area contributed by atoms with Gasteiger partial charge in [0.2, 0.25) is 0 Å². The van der Waals surface area contributed by atoms with E-state index in [0.717, 1.165) is 16.7 Å². The lowest BCUT2D eigenvalue weighted by Crippen LogP contribution is -2.43. The number of nitrogens with zero attached hydrogens (tertiary/aromatic N) is 1. The van der Waals surface area contributed by atoms with Crippen LogP contribution in [0.25, 0.3) is 0 Å². The first-order valence-corrected chi connectivity index (χ1v) is 15.8.